The number of nitrogens with zero attached hydrogens (tertiary/aromatic N) is 1. The molecule has 2 aliphatic rings. The molecular weight excluding hydrogens is 552 g/mol. The molecule has 1 aromatic heterocycles. The lowest BCUT2D eigenvalue weighted by molar-refractivity contribution is -0.112. The predicted molar refractivity (Wildman–Crippen MR) is 144 cm³/mol. The Labute approximate surface area is 229 Å². The Hall–Kier alpha value is -2.28. The van der Waals surface area contributed by atoms with Crippen molar-refractivity contribution in [3.8, 4) is 5.75 Å². The number of hydrogen-bond donors (Lipinski definition) is 3. The van der Waals surface area contributed by atoms with Crippen LogP contribution in [-0.4, -0.2) is 55.5 Å². The second kappa shape index (κ2) is 11.7. The van der Waals surface area contributed by atoms with Gasteiger partial charge in [0.15, 0.2) is 11.9 Å². The molecule has 3 N–H and O–H groups in total. The summed E-state index contributed by atoms with van der Waals surface area (Å²) in [5.74, 6) is 0.662. The minimum Gasteiger partial charge on any atom is -0.413 e. The number of benzene rings is 1. The highest BCUT2D eigenvalue weighted by Gasteiger charge is 2.56. The smallest absolute Gasteiger partial charge is 0.413 e. The van der Waals surface area contributed by atoms with Gasteiger partial charge >= 0.3 is 13.4 Å². The minimum atomic E-state index is -4.27. The average Bonchev–Trinajstić information content (AvgIpc) is 3.66. The Kier molecular flexibility index (Phi) is 8.89. The molecule has 6 atom stereocenters. The van der Waals surface area contributed by atoms with Crippen LogP contribution in [-0.2, 0) is 18.6 Å². The van der Waals surface area contributed by atoms with E-state index in [9.17, 15) is 24.1 Å². The fourth-order valence-corrected chi connectivity index (χ4v) is 6.55. The average molecular weight is 586 g/mol. The van der Waals surface area contributed by atoms with E-state index >= 15 is 4.39 Å². The third-order valence-corrected chi connectivity index (χ3v) is 9.12. The topological polar surface area (TPSA) is 149 Å². The minimum absolute atomic E-state index is 0.00396. The van der Waals surface area contributed by atoms with Crippen molar-refractivity contribution in [1.29, 1.82) is 0 Å². The summed E-state index contributed by atoms with van der Waals surface area (Å²) < 4.78 is 47.3. The number of carbonyl (C=O) groups is 1. The summed E-state index contributed by atoms with van der Waals surface area (Å²) in [5, 5.41) is 13.0. The first-order chi connectivity index (χ1) is 18.3. The number of nitrogens with one attached hydrogen (secondary N) is 2. The number of aliphatic hydroxyl groups excluding tert-OH is 1. The van der Waals surface area contributed by atoms with Crippen molar-refractivity contribution in [2.75, 3.05) is 6.61 Å². The van der Waals surface area contributed by atoms with Crippen molar-refractivity contribution in [3.63, 3.8) is 0 Å². The van der Waals surface area contributed by atoms with E-state index in [-0.39, 0.29) is 16.1 Å². The first-order valence-corrected chi connectivity index (χ1v) is 15.1. The highest BCUT2D eigenvalue weighted by molar-refractivity contribution is 8.14. The van der Waals surface area contributed by atoms with Gasteiger partial charge in [-0.1, -0.05) is 37.7 Å². The largest absolute Gasteiger partial charge is 0.459 e. The summed E-state index contributed by atoms with van der Waals surface area (Å²) in [6.45, 7) is 5.67. The molecule has 11 nitrogen and oxygen atoms in total. The van der Waals surface area contributed by atoms with Crippen LogP contribution in [0.25, 0.3) is 0 Å². The van der Waals surface area contributed by atoms with Gasteiger partial charge in [0.2, 0.25) is 5.12 Å². The first kappa shape index (κ1) is 29.7. The fraction of sp³-hybridized carbons (Fsp3) is 0.560. The maximum Gasteiger partial charge on any atom is 0.459 e. The molecule has 2 heterocycles. The molecule has 14 heteroatoms. The molecule has 1 aromatic carbocycles. The van der Waals surface area contributed by atoms with Crippen LogP contribution in [0.4, 0.5) is 4.39 Å². The number of thioether (sulfide) groups is 1. The van der Waals surface area contributed by atoms with Crippen molar-refractivity contribution in [3.05, 3.63) is 62.9 Å². The van der Waals surface area contributed by atoms with Crippen LogP contribution in [0.3, 0.4) is 0 Å². The van der Waals surface area contributed by atoms with Gasteiger partial charge in [-0.05, 0) is 50.3 Å². The van der Waals surface area contributed by atoms with E-state index in [0.717, 1.165) is 53.9 Å². The molecule has 4 rings (SSSR count). The van der Waals surface area contributed by atoms with E-state index < -0.39 is 55.7 Å². The monoisotopic (exact) mass is 585 g/mol. The van der Waals surface area contributed by atoms with Crippen LogP contribution in [0.1, 0.15) is 58.2 Å². The summed E-state index contributed by atoms with van der Waals surface area (Å²) in [5.41, 5.74) is -3.05. The second-order valence-electron chi connectivity index (χ2n) is 10.2. The third kappa shape index (κ3) is 7.08. The zero-order valence-electron chi connectivity index (χ0n) is 22.0. The lowest BCUT2D eigenvalue weighted by Gasteiger charge is -2.25. The van der Waals surface area contributed by atoms with Gasteiger partial charge in [0.05, 0.1) is 12.6 Å². The molecule has 0 bridgehead atoms. The van der Waals surface area contributed by atoms with Crippen molar-refractivity contribution >= 4 is 24.6 Å². The maximum absolute atomic E-state index is 15.6. The summed E-state index contributed by atoms with van der Waals surface area (Å²) in [6, 6.07) is 7.16. The van der Waals surface area contributed by atoms with Gasteiger partial charge in [0.25, 0.3) is 5.56 Å². The fourth-order valence-electron chi connectivity index (χ4n) is 4.23. The Balaban J connectivity index is 1.54. The summed E-state index contributed by atoms with van der Waals surface area (Å²) >= 11 is 1.06. The first-order valence-electron chi connectivity index (χ1n) is 12.7. The number of aromatic amines is 1. The lowest BCUT2D eigenvalue weighted by Crippen LogP contribution is -2.43. The van der Waals surface area contributed by atoms with Gasteiger partial charge in [-0.25, -0.2) is 18.8 Å². The molecule has 0 radical (unpaired) electrons. The Bertz CT molecular complexity index is 1360. The van der Waals surface area contributed by atoms with Crippen LogP contribution in [0, 0.1) is 0 Å². The third-order valence-electron chi connectivity index (χ3n) is 6.42. The molecular formula is C25H33FN3O8PS. The molecule has 2 aromatic rings. The number of hydrogen-bond acceptors (Lipinski definition) is 9. The predicted octanol–water partition coefficient (Wildman–Crippen LogP) is 3.25. The van der Waals surface area contributed by atoms with Crippen molar-refractivity contribution in [1.82, 2.24) is 14.6 Å². The summed E-state index contributed by atoms with van der Waals surface area (Å²) in [6.07, 6.45) is -1.60. The van der Waals surface area contributed by atoms with Crippen LogP contribution in [0.15, 0.2) is 46.1 Å². The van der Waals surface area contributed by atoms with Crippen LogP contribution < -0.4 is 20.9 Å². The number of aromatic nitrogens is 2. The molecule has 1 aliphatic heterocycles. The molecule has 0 spiro atoms. The second-order valence-corrected chi connectivity index (χ2v) is 13.5. The Morgan fingerprint density at radius 3 is 2.69 bits per heavy atom. The maximum atomic E-state index is 15.6. The molecule has 1 saturated carbocycles. The van der Waals surface area contributed by atoms with Gasteiger partial charge in [0, 0.05) is 17.5 Å². The summed E-state index contributed by atoms with van der Waals surface area (Å²) in [7, 11) is -4.27. The van der Waals surface area contributed by atoms with E-state index in [4.69, 9.17) is 13.8 Å². The number of ether oxygens (including phenoxy) is 1. The zero-order chi connectivity index (χ0) is 28.5. The zero-order valence-corrected chi connectivity index (χ0v) is 23.7. The number of carbonyl (C=O) groups excluding carboxylic acids is 1. The number of H-pyrrole nitrogens is 1. The van der Waals surface area contributed by atoms with Gasteiger partial charge in [-0.2, -0.15) is 0 Å². The van der Waals surface area contributed by atoms with Gasteiger partial charge < -0.3 is 14.4 Å². The molecule has 1 unspecified atom stereocenters. The number of aliphatic hydroxyl groups is 1. The van der Waals surface area contributed by atoms with Crippen molar-refractivity contribution in [2.45, 2.75) is 81.9 Å². The van der Waals surface area contributed by atoms with E-state index in [1.807, 2.05) is 24.9 Å². The Morgan fingerprint density at radius 1 is 1.33 bits per heavy atom. The van der Waals surface area contributed by atoms with Crippen molar-refractivity contribution in [2.24, 2.45) is 0 Å². The van der Waals surface area contributed by atoms with Crippen LogP contribution in [0.5, 0.6) is 5.75 Å². The van der Waals surface area contributed by atoms with E-state index in [1.54, 1.807) is 18.2 Å². The quantitative estimate of drug-likeness (QED) is 0.336. The molecule has 214 valence electrons. The van der Waals surface area contributed by atoms with Crippen molar-refractivity contribution < 1.29 is 32.6 Å². The molecule has 1 saturated heterocycles. The SMILES string of the molecule is CC(C)SC(=O)[C@H](C)NP(=O)(OC[C@H]1O[C@@H](n2ccc(=O)[nH]c2=O)[C@](C)(F)[C@@H]1O)Oc1cccc(C2CC2)c1. The standard InChI is InChI=1S/C25H33FN3O8PS/c1-14(2)39-22(32)15(3)28-38(34,37-18-7-5-6-17(12-18)16-8-9-16)35-13-19-21(31)25(4,26)23(36-19)29-11-10-20(30)27-24(29)33/h5-7,10-12,14-16,19,21,23,31H,8-9,13H2,1-4H3,(H,28,34)(H,27,30,33)/t15-,19+,21+,23+,25+,38?/m0/s1. The van der Waals surface area contributed by atoms with E-state index in [1.165, 1.54) is 6.92 Å². The molecule has 0 amide bonds. The molecule has 39 heavy (non-hydrogen) atoms. The van der Waals surface area contributed by atoms with Gasteiger partial charge in [0.1, 0.15) is 18.0 Å². The molecule has 2 fully saturated rings. The Morgan fingerprint density at radius 2 is 2.05 bits per heavy atom. The highest BCUT2D eigenvalue weighted by atomic mass is 32.2. The lowest BCUT2D eigenvalue weighted by atomic mass is 9.98. The van der Waals surface area contributed by atoms with Gasteiger partial charge in [-0.15, -0.1) is 0 Å². The number of halogens is 1. The summed E-state index contributed by atoms with van der Waals surface area (Å²) in [4.78, 5) is 38.2. The normalized spacial score (nSPS) is 27.3. The van der Waals surface area contributed by atoms with E-state index in [0.29, 0.717) is 5.92 Å². The molecule has 1 aliphatic carbocycles. The number of alkyl halides is 1. The van der Waals surface area contributed by atoms with E-state index in [2.05, 4.69) is 5.09 Å². The van der Waals surface area contributed by atoms with Crippen LogP contribution in [0.2, 0.25) is 0 Å². The number of rotatable bonds is 11. The highest BCUT2D eigenvalue weighted by Crippen LogP contribution is 2.49. The van der Waals surface area contributed by atoms with Gasteiger partial charge in [-0.3, -0.25) is 23.7 Å². The van der Waals surface area contributed by atoms with Crippen LogP contribution >= 0.6 is 19.5 Å².